The van der Waals surface area contributed by atoms with E-state index in [1.807, 2.05) is 6.07 Å². The van der Waals surface area contributed by atoms with Crippen molar-refractivity contribution in [2.45, 2.75) is 31.7 Å². The molecule has 3 unspecified atom stereocenters. The van der Waals surface area contributed by atoms with Crippen LogP contribution < -0.4 is 5.73 Å². The normalized spacial score (nSPS) is 30.3. The molecule has 3 rings (SSSR count). The largest absolute Gasteiger partial charge is 0.324 e. The number of nitrogens with zero attached hydrogens (tertiary/aromatic N) is 1. The van der Waals surface area contributed by atoms with Gasteiger partial charge in [0.1, 0.15) is 0 Å². The molecule has 0 radical (unpaired) electrons. The van der Waals surface area contributed by atoms with Gasteiger partial charge in [0.15, 0.2) is 0 Å². The Kier molecular flexibility index (Phi) is 4.08. The van der Waals surface area contributed by atoms with E-state index >= 15 is 0 Å². The van der Waals surface area contributed by atoms with Gasteiger partial charge >= 0.3 is 0 Å². The molecule has 1 saturated heterocycles. The Morgan fingerprint density at radius 3 is 2.81 bits per heavy atom. The van der Waals surface area contributed by atoms with Crippen molar-refractivity contribution in [1.29, 1.82) is 0 Å². The molecule has 0 bridgehead atoms. The molecule has 2 N–H and O–H groups in total. The molecule has 116 valence electrons. The fraction of sp³-hybridized carbons (Fsp3) is 0.625. The summed E-state index contributed by atoms with van der Waals surface area (Å²) in [5.74, 6) is 0.894. The number of fused-ring (bicyclic) bond motifs is 1. The van der Waals surface area contributed by atoms with E-state index in [-0.39, 0.29) is 6.04 Å². The Balaban J connectivity index is 1.66. The summed E-state index contributed by atoms with van der Waals surface area (Å²) in [7, 11) is -3.06. The van der Waals surface area contributed by atoms with Crippen molar-refractivity contribution in [1.82, 2.24) is 4.31 Å². The highest BCUT2D eigenvalue weighted by atomic mass is 32.2. The number of piperidine rings is 1. The Morgan fingerprint density at radius 1 is 1.33 bits per heavy atom. The van der Waals surface area contributed by atoms with E-state index in [4.69, 9.17) is 5.73 Å². The van der Waals surface area contributed by atoms with Crippen molar-refractivity contribution in [3.8, 4) is 0 Å². The van der Waals surface area contributed by atoms with E-state index in [1.54, 1.807) is 4.31 Å². The molecule has 4 nitrogen and oxygen atoms in total. The van der Waals surface area contributed by atoms with Gasteiger partial charge in [0.05, 0.1) is 6.26 Å². The van der Waals surface area contributed by atoms with Crippen LogP contribution in [0.2, 0.25) is 0 Å². The van der Waals surface area contributed by atoms with Crippen molar-refractivity contribution >= 4 is 10.0 Å². The summed E-state index contributed by atoms with van der Waals surface area (Å²) in [5, 5.41) is 0. The summed E-state index contributed by atoms with van der Waals surface area (Å²) >= 11 is 0. The van der Waals surface area contributed by atoms with Crippen molar-refractivity contribution in [3.05, 3.63) is 35.4 Å². The molecule has 2 aliphatic rings. The fourth-order valence-electron chi connectivity index (χ4n) is 3.89. The van der Waals surface area contributed by atoms with E-state index in [0.717, 1.165) is 25.7 Å². The molecule has 1 heterocycles. The first-order valence-corrected chi connectivity index (χ1v) is 9.58. The summed E-state index contributed by atoms with van der Waals surface area (Å²) in [5.41, 5.74) is 9.04. The van der Waals surface area contributed by atoms with Gasteiger partial charge in [-0.05, 0) is 48.6 Å². The van der Waals surface area contributed by atoms with Crippen LogP contribution >= 0.6 is 0 Å². The molecule has 21 heavy (non-hydrogen) atoms. The highest BCUT2D eigenvalue weighted by molar-refractivity contribution is 7.88. The third-order valence-corrected chi connectivity index (χ3v) is 6.26. The van der Waals surface area contributed by atoms with E-state index in [1.165, 1.54) is 17.4 Å². The molecule has 0 aromatic heterocycles. The van der Waals surface area contributed by atoms with Crippen molar-refractivity contribution in [3.63, 3.8) is 0 Å². The maximum absolute atomic E-state index is 11.7. The lowest BCUT2D eigenvalue weighted by Crippen LogP contribution is -2.40. The van der Waals surface area contributed by atoms with E-state index in [2.05, 4.69) is 18.2 Å². The summed E-state index contributed by atoms with van der Waals surface area (Å²) in [6.07, 6.45) is 5.46. The monoisotopic (exact) mass is 308 g/mol. The van der Waals surface area contributed by atoms with Gasteiger partial charge in [-0.25, -0.2) is 12.7 Å². The van der Waals surface area contributed by atoms with Crippen LogP contribution in [0.5, 0.6) is 0 Å². The summed E-state index contributed by atoms with van der Waals surface area (Å²) in [4.78, 5) is 0. The van der Waals surface area contributed by atoms with Crippen LogP contribution in [0.4, 0.5) is 0 Å². The minimum atomic E-state index is -3.06. The second-order valence-corrected chi connectivity index (χ2v) is 8.54. The quantitative estimate of drug-likeness (QED) is 0.928. The minimum Gasteiger partial charge on any atom is -0.324 e. The van der Waals surface area contributed by atoms with Crippen LogP contribution in [-0.2, 0) is 16.4 Å². The summed E-state index contributed by atoms with van der Waals surface area (Å²) in [6, 6.07) is 8.52. The second kappa shape index (κ2) is 5.71. The summed E-state index contributed by atoms with van der Waals surface area (Å²) < 4.78 is 25.1. The van der Waals surface area contributed by atoms with E-state index in [0.29, 0.717) is 24.9 Å². The molecular weight excluding hydrogens is 284 g/mol. The van der Waals surface area contributed by atoms with Gasteiger partial charge in [-0.3, -0.25) is 0 Å². The number of nitrogens with two attached hydrogens (primary N) is 1. The van der Waals surface area contributed by atoms with Gasteiger partial charge in [-0.1, -0.05) is 24.3 Å². The average molecular weight is 308 g/mol. The Labute approximate surface area is 127 Å². The number of benzene rings is 1. The van der Waals surface area contributed by atoms with Gasteiger partial charge in [-0.2, -0.15) is 0 Å². The zero-order valence-corrected chi connectivity index (χ0v) is 13.3. The van der Waals surface area contributed by atoms with Crippen LogP contribution in [-0.4, -0.2) is 32.1 Å². The lowest BCUT2D eigenvalue weighted by molar-refractivity contribution is 0.223. The first-order chi connectivity index (χ1) is 9.95. The lowest BCUT2D eigenvalue weighted by atomic mass is 9.86. The maximum atomic E-state index is 11.7. The van der Waals surface area contributed by atoms with Crippen molar-refractivity contribution in [2.24, 2.45) is 17.6 Å². The van der Waals surface area contributed by atoms with Crippen LogP contribution in [0.15, 0.2) is 24.3 Å². The maximum Gasteiger partial charge on any atom is 0.211 e. The lowest BCUT2D eigenvalue weighted by Gasteiger charge is -2.33. The number of hydrogen-bond acceptors (Lipinski definition) is 3. The van der Waals surface area contributed by atoms with Gasteiger partial charge in [0.2, 0.25) is 10.0 Å². The molecule has 5 heteroatoms. The van der Waals surface area contributed by atoms with E-state index in [9.17, 15) is 8.42 Å². The number of sulfonamides is 1. The van der Waals surface area contributed by atoms with E-state index < -0.39 is 10.0 Å². The van der Waals surface area contributed by atoms with Gasteiger partial charge in [0, 0.05) is 19.1 Å². The molecule has 1 fully saturated rings. The third kappa shape index (κ3) is 3.15. The predicted molar refractivity (Wildman–Crippen MR) is 84.3 cm³/mol. The average Bonchev–Trinajstić information content (AvgIpc) is 2.75. The second-order valence-electron chi connectivity index (χ2n) is 6.55. The molecule has 1 aromatic carbocycles. The van der Waals surface area contributed by atoms with Crippen LogP contribution in [0.1, 0.15) is 36.4 Å². The van der Waals surface area contributed by atoms with Crippen LogP contribution in [0, 0.1) is 11.8 Å². The fourth-order valence-corrected chi connectivity index (χ4v) is 4.83. The standard InChI is InChI=1S/C16H24N2O2S/c1-21(19,20)18-8-4-5-12(11-18)9-14-10-13-6-2-3-7-15(13)16(14)17/h2-3,6-7,12,14,16H,4-5,8-11,17H2,1H3. The van der Waals surface area contributed by atoms with Crippen LogP contribution in [0.25, 0.3) is 0 Å². The predicted octanol–water partition coefficient (Wildman–Crippen LogP) is 1.92. The summed E-state index contributed by atoms with van der Waals surface area (Å²) in [6.45, 7) is 1.34. The first-order valence-electron chi connectivity index (χ1n) is 7.73. The number of hydrogen-bond donors (Lipinski definition) is 1. The zero-order chi connectivity index (χ0) is 15.0. The SMILES string of the molecule is CS(=O)(=O)N1CCCC(CC2Cc3ccccc3C2N)C1. The zero-order valence-electron chi connectivity index (χ0n) is 12.5. The minimum absolute atomic E-state index is 0.106. The molecule has 0 spiro atoms. The Hall–Kier alpha value is -0.910. The third-order valence-electron chi connectivity index (χ3n) is 4.99. The molecule has 0 amide bonds. The highest BCUT2D eigenvalue weighted by Crippen LogP contribution is 2.39. The van der Waals surface area contributed by atoms with Gasteiger partial charge in [0.25, 0.3) is 0 Å². The molecule has 0 saturated carbocycles. The van der Waals surface area contributed by atoms with Gasteiger partial charge in [-0.15, -0.1) is 0 Å². The first kappa shape index (κ1) is 15.0. The molecule has 1 aliphatic heterocycles. The molecule has 1 aliphatic carbocycles. The van der Waals surface area contributed by atoms with Crippen molar-refractivity contribution < 1.29 is 8.42 Å². The topological polar surface area (TPSA) is 63.4 Å². The molecule has 1 aromatic rings. The Morgan fingerprint density at radius 2 is 2.10 bits per heavy atom. The molecular formula is C16H24N2O2S. The smallest absolute Gasteiger partial charge is 0.211 e. The number of rotatable bonds is 3. The Bertz CT molecular complexity index is 614. The van der Waals surface area contributed by atoms with Crippen molar-refractivity contribution in [2.75, 3.05) is 19.3 Å². The van der Waals surface area contributed by atoms with Gasteiger partial charge < -0.3 is 5.73 Å². The molecule has 3 atom stereocenters. The van der Waals surface area contributed by atoms with Crippen LogP contribution in [0.3, 0.4) is 0 Å². The highest BCUT2D eigenvalue weighted by Gasteiger charge is 2.33.